The fraction of sp³-hybridized carbons (Fsp3) is 0.538. The first-order valence-corrected chi connectivity index (χ1v) is 6.05. The molecule has 0 bridgehead atoms. The van der Waals surface area contributed by atoms with Crippen LogP contribution >= 0.6 is 11.6 Å². The first kappa shape index (κ1) is 13.3. The third-order valence-corrected chi connectivity index (χ3v) is 2.46. The number of hydrogen-bond acceptors (Lipinski definition) is 2. The van der Waals surface area contributed by atoms with Gasteiger partial charge in [-0.15, -0.1) is 0 Å². The Hall–Kier alpha value is -0.730. The molecule has 0 heterocycles. The molecule has 90 valence electrons. The van der Waals surface area contributed by atoms with Gasteiger partial charge in [0.1, 0.15) is 0 Å². The average molecular weight is 242 g/mol. The number of halogens is 1. The maximum Gasteiger partial charge on any atom is 0.0639 e. The minimum atomic E-state index is 0.586. The molecule has 0 saturated heterocycles. The SMILES string of the molecule is Cc1ccc(Cl)c(NCCOCC(C)C)c1. The molecule has 0 radical (unpaired) electrons. The Morgan fingerprint density at radius 1 is 1.38 bits per heavy atom. The molecule has 1 rings (SSSR count). The standard InChI is InChI=1S/C13H20ClNO/c1-10(2)9-16-7-6-15-13-8-11(3)4-5-12(13)14/h4-5,8,10,15H,6-7,9H2,1-3H3. The first-order chi connectivity index (χ1) is 7.59. The summed E-state index contributed by atoms with van der Waals surface area (Å²) in [5.74, 6) is 0.586. The molecule has 0 aliphatic heterocycles. The second kappa shape index (κ2) is 6.77. The maximum atomic E-state index is 6.06. The molecule has 3 heteroatoms. The van der Waals surface area contributed by atoms with Crippen LogP contribution in [0.1, 0.15) is 19.4 Å². The van der Waals surface area contributed by atoms with Gasteiger partial charge in [0.15, 0.2) is 0 Å². The molecular weight excluding hydrogens is 222 g/mol. The Bertz CT molecular complexity index is 326. The summed E-state index contributed by atoms with van der Waals surface area (Å²) >= 11 is 6.06. The van der Waals surface area contributed by atoms with Crippen molar-refractivity contribution >= 4 is 17.3 Å². The van der Waals surface area contributed by atoms with Crippen molar-refractivity contribution in [2.45, 2.75) is 20.8 Å². The molecule has 0 spiro atoms. The van der Waals surface area contributed by atoms with Crippen molar-refractivity contribution in [2.24, 2.45) is 5.92 Å². The van der Waals surface area contributed by atoms with E-state index in [1.54, 1.807) is 0 Å². The molecule has 0 aliphatic rings. The van der Waals surface area contributed by atoms with Gasteiger partial charge in [-0.05, 0) is 30.5 Å². The van der Waals surface area contributed by atoms with Gasteiger partial charge in [-0.1, -0.05) is 31.5 Å². The third-order valence-electron chi connectivity index (χ3n) is 2.13. The predicted molar refractivity (Wildman–Crippen MR) is 70.3 cm³/mol. The normalized spacial score (nSPS) is 10.8. The summed E-state index contributed by atoms with van der Waals surface area (Å²) in [5.41, 5.74) is 2.19. The molecule has 0 aromatic heterocycles. The topological polar surface area (TPSA) is 21.3 Å². The summed E-state index contributed by atoms with van der Waals surface area (Å²) in [7, 11) is 0. The van der Waals surface area contributed by atoms with Gasteiger partial charge < -0.3 is 10.1 Å². The number of rotatable bonds is 6. The molecule has 16 heavy (non-hydrogen) atoms. The number of anilines is 1. The van der Waals surface area contributed by atoms with Crippen LogP contribution < -0.4 is 5.32 Å². The average Bonchev–Trinajstić information content (AvgIpc) is 2.22. The van der Waals surface area contributed by atoms with Crippen molar-refractivity contribution in [1.82, 2.24) is 0 Å². The Labute approximate surface area is 103 Å². The largest absolute Gasteiger partial charge is 0.382 e. The van der Waals surface area contributed by atoms with Crippen LogP contribution in [-0.4, -0.2) is 19.8 Å². The maximum absolute atomic E-state index is 6.06. The van der Waals surface area contributed by atoms with Gasteiger partial charge in [0, 0.05) is 13.2 Å². The Balaban J connectivity index is 2.29. The van der Waals surface area contributed by atoms with Crippen LogP contribution in [-0.2, 0) is 4.74 Å². The van der Waals surface area contributed by atoms with E-state index >= 15 is 0 Å². The number of hydrogen-bond donors (Lipinski definition) is 1. The third kappa shape index (κ3) is 4.86. The number of aryl methyl sites for hydroxylation is 1. The zero-order valence-electron chi connectivity index (χ0n) is 10.2. The molecular formula is C13H20ClNO. The Morgan fingerprint density at radius 2 is 2.12 bits per heavy atom. The van der Waals surface area contributed by atoms with Gasteiger partial charge in [0.25, 0.3) is 0 Å². The van der Waals surface area contributed by atoms with Crippen molar-refractivity contribution in [3.8, 4) is 0 Å². The van der Waals surface area contributed by atoms with E-state index in [1.165, 1.54) is 5.56 Å². The first-order valence-electron chi connectivity index (χ1n) is 5.67. The smallest absolute Gasteiger partial charge is 0.0639 e. The summed E-state index contributed by atoms with van der Waals surface area (Å²) in [4.78, 5) is 0. The zero-order valence-corrected chi connectivity index (χ0v) is 11.0. The molecule has 1 aromatic carbocycles. The van der Waals surface area contributed by atoms with Gasteiger partial charge in [-0.25, -0.2) is 0 Å². The summed E-state index contributed by atoms with van der Waals surface area (Å²) < 4.78 is 5.48. The fourth-order valence-electron chi connectivity index (χ4n) is 1.35. The van der Waals surface area contributed by atoms with Crippen molar-refractivity contribution in [3.63, 3.8) is 0 Å². The van der Waals surface area contributed by atoms with Crippen LogP contribution in [0.15, 0.2) is 18.2 Å². The predicted octanol–water partition coefficient (Wildman–Crippen LogP) is 3.73. The monoisotopic (exact) mass is 241 g/mol. The van der Waals surface area contributed by atoms with E-state index in [2.05, 4.69) is 26.1 Å². The number of ether oxygens (including phenoxy) is 1. The second-order valence-corrected chi connectivity index (χ2v) is 4.79. The van der Waals surface area contributed by atoms with Crippen LogP contribution in [0, 0.1) is 12.8 Å². The molecule has 0 amide bonds. The molecule has 1 N–H and O–H groups in total. The summed E-state index contributed by atoms with van der Waals surface area (Å²) in [6, 6.07) is 5.96. The van der Waals surface area contributed by atoms with Gasteiger partial charge in [0.2, 0.25) is 0 Å². The molecule has 1 aromatic rings. The van der Waals surface area contributed by atoms with E-state index < -0.39 is 0 Å². The molecule has 0 unspecified atom stereocenters. The van der Waals surface area contributed by atoms with E-state index in [9.17, 15) is 0 Å². The summed E-state index contributed by atoms with van der Waals surface area (Å²) in [6.07, 6.45) is 0. The number of benzene rings is 1. The Kier molecular flexibility index (Phi) is 5.64. The molecule has 0 aliphatic carbocycles. The van der Waals surface area contributed by atoms with Crippen LogP contribution in [0.2, 0.25) is 5.02 Å². The minimum Gasteiger partial charge on any atom is -0.382 e. The highest BCUT2D eigenvalue weighted by Gasteiger charge is 1.99. The second-order valence-electron chi connectivity index (χ2n) is 4.38. The molecule has 0 fully saturated rings. The van der Waals surface area contributed by atoms with Crippen LogP contribution in [0.4, 0.5) is 5.69 Å². The molecule has 2 nitrogen and oxygen atoms in total. The minimum absolute atomic E-state index is 0.586. The van der Waals surface area contributed by atoms with E-state index in [0.717, 1.165) is 23.9 Å². The lowest BCUT2D eigenvalue weighted by atomic mass is 10.2. The van der Waals surface area contributed by atoms with Crippen molar-refractivity contribution in [3.05, 3.63) is 28.8 Å². The van der Waals surface area contributed by atoms with Gasteiger partial charge >= 0.3 is 0 Å². The van der Waals surface area contributed by atoms with Gasteiger partial charge in [0.05, 0.1) is 17.3 Å². The lowest BCUT2D eigenvalue weighted by Crippen LogP contribution is -2.12. The summed E-state index contributed by atoms with van der Waals surface area (Å²) in [6.45, 7) is 8.65. The molecule has 0 atom stereocenters. The quantitative estimate of drug-likeness (QED) is 0.767. The number of nitrogens with one attached hydrogen (secondary N) is 1. The Morgan fingerprint density at radius 3 is 2.81 bits per heavy atom. The highest BCUT2D eigenvalue weighted by molar-refractivity contribution is 6.33. The van der Waals surface area contributed by atoms with Gasteiger partial charge in [-0.2, -0.15) is 0 Å². The fourth-order valence-corrected chi connectivity index (χ4v) is 1.54. The van der Waals surface area contributed by atoms with E-state index in [1.807, 2.05) is 18.2 Å². The zero-order chi connectivity index (χ0) is 12.0. The highest BCUT2D eigenvalue weighted by atomic mass is 35.5. The van der Waals surface area contributed by atoms with Gasteiger partial charge in [-0.3, -0.25) is 0 Å². The van der Waals surface area contributed by atoms with Crippen molar-refractivity contribution in [1.29, 1.82) is 0 Å². The lowest BCUT2D eigenvalue weighted by Gasteiger charge is -2.10. The van der Waals surface area contributed by atoms with Crippen LogP contribution in [0.3, 0.4) is 0 Å². The summed E-state index contributed by atoms with van der Waals surface area (Å²) in [5, 5.41) is 4.03. The van der Waals surface area contributed by atoms with E-state index in [4.69, 9.17) is 16.3 Å². The van der Waals surface area contributed by atoms with E-state index in [-0.39, 0.29) is 0 Å². The lowest BCUT2D eigenvalue weighted by molar-refractivity contribution is 0.118. The van der Waals surface area contributed by atoms with Crippen molar-refractivity contribution in [2.75, 3.05) is 25.1 Å². The van der Waals surface area contributed by atoms with Crippen LogP contribution in [0.25, 0.3) is 0 Å². The highest BCUT2D eigenvalue weighted by Crippen LogP contribution is 2.22. The van der Waals surface area contributed by atoms with E-state index in [0.29, 0.717) is 12.5 Å². The molecule has 0 saturated carbocycles. The van der Waals surface area contributed by atoms with Crippen molar-refractivity contribution < 1.29 is 4.74 Å². The van der Waals surface area contributed by atoms with Crippen LogP contribution in [0.5, 0.6) is 0 Å².